The fraction of sp³-hybridized carbons (Fsp3) is 0.769. The second-order valence-corrected chi connectivity index (χ2v) is 7.13. The Kier molecular flexibility index (Phi) is 4.21. The molecule has 1 saturated carbocycles. The third kappa shape index (κ3) is 3.28. The average Bonchev–Trinajstić information content (AvgIpc) is 3.26. The van der Waals surface area contributed by atoms with Gasteiger partial charge in [-0.1, -0.05) is 0 Å². The van der Waals surface area contributed by atoms with Crippen LogP contribution in [0.25, 0.3) is 0 Å². The molecule has 3 rings (SSSR count). The van der Waals surface area contributed by atoms with Crippen molar-refractivity contribution in [3.63, 3.8) is 0 Å². The molecule has 0 spiro atoms. The Morgan fingerprint density at radius 3 is 2.60 bits per heavy atom. The Balaban J connectivity index is 1.69. The number of nitrogens with zero attached hydrogens (tertiary/aromatic N) is 4. The highest BCUT2D eigenvalue weighted by Gasteiger charge is 2.41. The predicted octanol–water partition coefficient (Wildman–Crippen LogP) is 2.82. The highest BCUT2D eigenvalue weighted by molar-refractivity contribution is 8.00. The number of hydrogen-bond acceptors (Lipinski definition) is 6. The molecule has 1 aliphatic carbocycles. The van der Waals surface area contributed by atoms with Gasteiger partial charge in [0, 0.05) is 24.4 Å². The summed E-state index contributed by atoms with van der Waals surface area (Å²) < 4.78 is 0.379. The first-order valence-electron chi connectivity index (χ1n) is 7.16. The van der Waals surface area contributed by atoms with Gasteiger partial charge in [-0.05, 0) is 50.0 Å². The summed E-state index contributed by atoms with van der Waals surface area (Å²) in [5, 5.41) is 3.60. The normalized spacial score (nSPS) is 20.8. The summed E-state index contributed by atoms with van der Waals surface area (Å²) in [4.78, 5) is 15.2. The summed E-state index contributed by atoms with van der Waals surface area (Å²) >= 11 is 7.95. The van der Waals surface area contributed by atoms with Crippen molar-refractivity contribution in [1.82, 2.24) is 15.0 Å². The molecule has 1 N–H and O–H groups in total. The van der Waals surface area contributed by atoms with E-state index in [2.05, 4.69) is 31.4 Å². The van der Waals surface area contributed by atoms with E-state index in [9.17, 15) is 0 Å². The fourth-order valence-corrected chi connectivity index (χ4v) is 3.37. The van der Waals surface area contributed by atoms with E-state index in [1.165, 1.54) is 32.1 Å². The van der Waals surface area contributed by atoms with Gasteiger partial charge in [-0.25, -0.2) is 0 Å². The summed E-state index contributed by atoms with van der Waals surface area (Å²) in [5.41, 5.74) is 0. The first-order chi connectivity index (χ1) is 9.71. The molecule has 0 aromatic carbocycles. The lowest BCUT2D eigenvalue weighted by Crippen LogP contribution is -2.31. The van der Waals surface area contributed by atoms with Crippen LogP contribution in [-0.2, 0) is 0 Å². The van der Waals surface area contributed by atoms with E-state index in [1.807, 2.05) is 11.8 Å². The molecule has 7 heteroatoms. The monoisotopic (exact) mass is 313 g/mol. The molecule has 1 aliphatic heterocycles. The summed E-state index contributed by atoms with van der Waals surface area (Å²) in [5.74, 6) is 1.31. The Hall–Kier alpha value is -0.750. The van der Waals surface area contributed by atoms with E-state index < -0.39 is 0 Å². The summed E-state index contributed by atoms with van der Waals surface area (Å²) in [6, 6.07) is 0. The van der Waals surface area contributed by atoms with Crippen molar-refractivity contribution in [3.05, 3.63) is 5.28 Å². The number of anilines is 2. The quantitative estimate of drug-likeness (QED) is 0.902. The van der Waals surface area contributed by atoms with Crippen LogP contribution in [0.5, 0.6) is 0 Å². The van der Waals surface area contributed by atoms with Crippen molar-refractivity contribution >= 4 is 35.3 Å². The number of piperidine rings is 1. The Morgan fingerprint density at radius 2 is 1.95 bits per heavy atom. The topological polar surface area (TPSA) is 53.9 Å². The van der Waals surface area contributed by atoms with Crippen LogP contribution in [0.3, 0.4) is 0 Å². The van der Waals surface area contributed by atoms with Crippen molar-refractivity contribution < 1.29 is 0 Å². The first-order valence-corrected chi connectivity index (χ1v) is 8.77. The van der Waals surface area contributed by atoms with Crippen LogP contribution in [0, 0.1) is 0 Å². The molecule has 2 heterocycles. The van der Waals surface area contributed by atoms with Crippen LogP contribution in [-0.4, -0.2) is 45.6 Å². The number of thioether (sulfide) groups is 1. The molecular weight excluding hydrogens is 294 g/mol. The van der Waals surface area contributed by atoms with Gasteiger partial charge < -0.3 is 10.2 Å². The van der Waals surface area contributed by atoms with Gasteiger partial charge in [0.2, 0.25) is 17.2 Å². The maximum atomic E-state index is 6.03. The molecule has 0 unspecified atom stereocenters. The Bertz CT molecular complexity index is 474. The molecule has 1 aromatic rings. The van der Waals surface area contributed by atoms with Gasteiger partial charge in [-0.2, -0.15) is 26.7 Å². The third-order valence-electron chi connectivity index (χ3n) is 4.04. The minimum absolute atomic E-state index is 0.275. The van der Waals surface area contributed by atoms with Crippen LogP contribution in [0.1, 0.15) is 32.1 Å². The molecule has 2 fully saturated rings. The summed E-state index contributed by atoms with van der Waals surface area (Å²) in [7, 11) is 0. The van der Waals surface area contributed by atoms with Crippen molar-refractivity contribution in [2.75, 3.05) is 36.1 Å². The molecule has 0 bridgehead atoms. The van der Waals surface area contributed by atoms with Crippen LogP contribution >= 0.6 is 23.4 Å². The zero-order chi connectivity index (χ0) is 14.0. The van der Waals surface area contributed by atoms with Gasteiger partial charge in [0.15, 0.2) is 0 Å². The van der Waals surface area contributed by atoms with Crippen LogP contribution in [0.4, 0.5) is 11.9 Å². The molecule has 5 nitrogen and oxygen atoms in total. The minimum atomic E-state index is 0.275. The van der Waals surface area contributed by atoms with E-state index in [0.717, 1.165) is 19.6 Å². The van der Waals surface area contributed by atoms with Crippen LogP contribution in [0.15, 0.2) is 0 Å². The maximum absolute atomic E-state index is 6.03. The maximum Gasteiger partial charge on any atom is 0.231 e. The van der Waals surface area contributed by atoms with Gasteiger partial charge in [-0.15, -0.1) is 0 Å². The zero-order valence-electron chi connectivity index (χ0n) is 11.7. The first kappa shape index (κ1) is 14.2. The third-order valence-corrected chi connectivity index (χ3v) is 5.63. The number of rotatable bonds is 5. The van der Waals surface area contributed by atoms with Crippen molar-refractivity contribution in [2.45, 2.75) is 36.9 Å². The second kappa shape index (κ2) is 5.93. The number of hydrogen-bond donors (Lipinski definition) is 1. The molecule has 2 aliphatic rings. The lowest BCUT2D eigenvalue weighted by Gasteiger charge is -2.26. The van der Waals surface area contributed by atoms with Crippen molar-refractivity contribution in [3.8, 4) is 0 Å². The summed E-state index contributed by atoms with van der Waals surface area (Å²) in [6.07, 6.45) is 8.37. The van der Waals surface area contributed by atoms with E-state index in [4.69, 9.17) is 11.6 Å². The fourth-order valence-electron chi connectivity index (χ4n) is 2.49. The molecule has 1 aromatic heterocycles. The van der Waals surface area contributed by atoms with Gasteiger partial charge in [0.05, 0.1) is 0 Å². The predicted molar refractivity (Wildman–Crippen MR) is 84.9 cm³/mol. The molecular formula is C13H20ClN5S. The van der Waals surface area contributed by atoms with Crippen molar-refractivity contribution in [1.29, 1.82) is 0 Å². The summed E-state index contributed by atoms with van der Waals surface area (Å²) in [6.45, 7) is 2.91. The lowest BCUT2D eigenvalue weighted by atomic mass is 10.1. The minimum Gasteiger partial charge on any atom is -0.353 e. The van der Waals surface area contributed by atoms with Gasteiger partial charge in [-0.3, -0.25) is 0 Å². The Morgan fingerprint density at radius 1 is 1.20 bits per heavy atom. The van der Waals surface area contributed by atoms with Crippen LogP contribution in [0.2, 0.25) is 5.28 Å². The van der Waals surface area contributed by atoms with Crippen LogP contribution < -0.4 is 10.2 Å². The molecule has 0 radical (unpaired) electrons. The largest absolute Gasteiger partial charge is 0.353 e. The lowest BCUT2D eigenvalue weighted by molar-refractivity contribution is 0.567. The number of halogens is 1. The Labute approximate surface area is 128 Å². The molecule has 0 atom stereocenters. The number of nitrogens with one attached hydrogen (secondary N) is 1. The molecule has 1 saturated heterocycles. The smallest absolute Gasteiger partial charge is 0.231 e. The van der Waals surface area contributed by atoms with E-state index >= 15 is 0 Å². The van der Waals surface area contributed by atoms with E-state index in [1.54, 1.807) is 0 Å². The standard InChI is InChI=1S/C13H20ClN5S/c1-20-13(5-6-13)9-15-11-16-10(14)17-12(18-11)19-7-3-2-4-8-19/h2-9H2,1H3,(H,15,16,17,18). The van der Waals surface area contributed by atoms with E-state index in [-0.39, 0.29) is 5.28 Å². The molecule has 0 amide bonds. The van der Waals surface area contributed by atoms with Gasteiger partial charge in [0.25, 0.3) is 0 Å². The second-order valence-electron chi connectivity index (χ2n) is 5.52. The van der Waals surface area contributed by atoms with Gasteiger partial charge in [0.1, 0.15) is 0 Å². The highest BCUT2D eigenvalue weighted by Crippen LogP contribution is 2.46. The zero-order valence-corrected chi connectivity index (χ0v) is 13.3. The van der Waals surface area contributed by atoms with E-state index in [0.29, 0.717) is 16.6 Å². The number of aromatic nitrogens is 3. The average molecular weight is 314 g/mol. The molecule has 20 heavy (non-hydrogen) atoms. The SMILES string of the molecule is CSC1(CNc2nc(Cl)nc(N3CCCCC3)n2)CC1. The van der Waals surface area contributed by atoms with Gasteiger partial charge >= 0.3 is 0 Å². The van der Waals surface area contributed by atoms with Crippen molar-refractivity contribution in [2.24, 2.45) is 0 Å². The molecule has 110 valence electrons. The highest BCUT2D eigenvalue weighted by atomic mass is 35.5.